The monoisotopic (exact) mass is 362 g/mol. The maximum Gasteiger partial charge on any atom is 0.254 e. The van der Waals surface area contributed by atoms with Gasteiger partial charge in [-0.05, 0) is 36.6 Å². The summed E-state index contributed by atoms with van der Waals surface area (Å²) in [6.07, 6.45) is 1.11. The van der Waals surface area contributed by atoms with Gasteiger partial charge in [0.15, 0.2) is 0 Å². The molecule has 1 N–H and O–H groups in total. The molecule has 0 aliphatic carbocycles. The number of benzene rings is 2. The van der Waals surface area contributed by atoms with Gasteiger partial charge in [-0.15, -0.1) is 0 Å². The molecule has 138 valence electrons. The first-order valence-electron chi connectivity index (χ1n) is 9.15. The second kappa shape index (κ2) is 7.72. The second-order valence-electron chi connectivity index (χ2n) is 6.85. The molecular weight excluding hydrogens is 340 g/mol. The Bertz CT molecular complexity index is 917. The number of nitrogens with zero attached hydrogens (tertiary/aromatic N) is 3. The van der Waals surface area contributed by atoms with Gasteiger partial charge >= 0.3 is 0 Å². The zero-order valence-electron chi connectivity index (χ0n) is 15.3. The fourth-order valence-corrected chi connectivity index (χ4v) is 3.38. The average molecular weight is 362 g/mol. The molecule has 0 unspecified atom stereocenters. The summed E-state index contributed by atoms with van der Waals surface area (Å²) < 4.78 is 5.32. The average Bonchev–Trinajstić information content (AvgIpc) is 3.40. The standard InChI is InChI=1S/C21H22N4O2/c1-25(14-19-23-20(24-27-19)15-6-3-2-4-7-15)21(26)17-9-5-8-16(12-17)18-10-11-22-13-18/h2-9,12,18,22H,10-11,13-14H2,1H3/t18-/m0/s1. The van der Waals surface area contributed by atoms with Gasteiger partial charge in [0.2, 0.25) is 11.7 Å². The number of nitrogens with one attached hydrogen (secondary N) is 1. The summed E-state index contributed by atoms with van der Waals surface area (Å²) >= 11 is 0. The molecule has 3 aromatic rings. The first-order chi connectivity index (χ1) is 13.2. The number of hydrogen-bond acceptors (Lipinski definition) is 5. The lowest BCUT2D eigenvalue weighted by molar-refractivity contribution is 0.0769. The number of hydrogen-bond donors (Lipinski definition) is 1. The van der Waals surface area contributed by atoms with Crippen LogP contribution in [-0.2, 0) is 6.54 Å². The fraction of sp³-hybridized carbons (Fsp3) is 0.286. The van der Waals surface area contributed by atoms with Crippen LogP contribution in [0.1, 0.15) is 34.2 Å². The molecule has 4 rings (SSSR count). The Balaban J connectivity index is 1.45. The zero-order valence-corrected chi connectivity index (χ0v) is 15.3. The molecule has 1 atom stereocenters. The molecule has 0 spiro atoms. The van der Waals surface area contributed by atoms with Gasteiger partial charge in [0.05, 0.1) is 6.54 Å². The van der Waals surface area contributed by atoms with Crippen molar-refractivity contribution in [3.8, 4) is 11.4 Å². The quantitative estimate of drug-likeness (QED) is 0.755. The summed E-state index contributed by atoms with van der Waals surface area (Å²) in [5.74, 6) is 1.37. The summed E-state index contributed by atoms with van der Waals surface area (Å²) in [5, 5.41) is 7.37. The minimum absolute atomic E-state index is 0.0535. The van der Waals surface area contributed by atoms with Crippen molar-refractivity contribution in [1.82, 2.24) is 20.4 Å². The first kappa shape index (κ1) is 17.4. The topological polar surface area (TPSA) is 71.3 Å². The van der Waals surface area contributed by atoms with Crippen LogP contribution >= 0.6 is 0 Å². The van der Waals surface area contributed by atoms with Crippen LogP contribution in [0.4, 0.5) is 0 Å². The Morgan fingerprint density at radius 1 is 1.22 bits per heavy atom. The lowest BCUT2D eigenvalue weighted by Gasteiger charge is -2.16. The van der Waals surface area contributed by atoms with Gasteiger partial charge in [-0.3, -0.25) is 4.79 Å². The van der Waals surface area contributed by atoms with E-state index in [2.05, 4.69) is 21.5 Å². The van der Waals surface area contributed by atoms with Gasteiger partial charge in [0, 0.05) is 24.7 Å². The van der Waals surface area contributed by atoms with Crippen LogP contribution in [0.5, 0.6) is 0 Å². The lowest BCUT2D eigenvalue weighted by Crippen LogP contribution is -2.26. The minimum atomic E-state index is -0.0535. The SMILES string of the molecule is CN(Cc1nc(-c2ccccc2)no1)C(=O)c1cccc([C@H]2CCNC2)c1. The van der Waals surface area contributed by atoms with Gasteiger partial charge in [0.25, 0.3) is 5.91 Å². The Hall–Kier alpha value is -2.99. The molecule has 6 heteroatoms. The molecule has 1 saturated heterocycles. The van der Waals surface area contributed by atoms with E-state index in [1.54, 1.807) is 11.9 Å². The van der Waals surface area contributed by atoms with Crippen molar-refractivity contribution in [3.05, 3.63) is 71.6 Å². The van der Waals surface area contributed by atoms with Crippen LogP contribution in [0.2, 0.25) is 0 Å². The van der Waals surface area contributed by atoms with Crippen LogP contribution in [0.15, 0.2) is 59.1 Å². The van der Waals surface area contributed by atoms with Crippen molar-refractivity contribution < 1.29 is 9.32 Å². The highest BCUT2D eigenvalue weighted by Gasteiger charge is 2.20. The van der Waals surface area contributed by atoms with E-state index in [4.69, 9.17) is 4.52 Å². The lowest BCUT2D eigenvalue weighted by atomic mass is 9.96. The molecule has 1 amide bonds. The van der Waals surface area contributed by atoms with E-state index in [-0.39, 0.29) is 12.5 Å². The number of amides is 1. The van der Waals surface area contributed by atoms with E-state index >= 15 is 0 Å². The maximum absolute atomic E-state index is 12.8. The van der Waals surface area contributed by atoms with Crippen LogP contribution in [0.3, 0.4) is 0 Å². The summed E-state index contributed by atoms with van der Waals surface area (Å²) in [6.45, 7) is 2.27. The molecule has 1 aromatic heterocycles. The number of rotatable bonds is 5. The van der Waals surface area contributed by atoms with Gasteiger partial charge in [-0.1, -0.05) is 47.6 Å². The molecule has 27 heavy (non-hydrogen) atoms. The third-order valence-electron chi connectivity index (χ3n) is 4.88. The Morgan fingerprint density at radius 2 is 2.07 bits per heavy atom. The molecular formula is C21H22N4O2. The normalized spacial score (nSPS) is 16.4. The highest BCUT2D eigenvalue weighted by atomic mass is 16.5. The molecule has 1 aliphatic heterocycles. The molecule has 0 bridgehead atoms. The van der Waals surface area contributed by atoms with E-state index < -0.39 is 0 Å². The van der Waals surface area contributed by atoms with Gasteiger partial charge in [-0.2, -0.15) is 4.98 Å². The largest absolute Gasteiger partial charge is 0.337 e. The molecule has 0 radical (unpaired) electrons. The minimum Gasteiger partial charge on any atom is -0.337 e. The van der Waals surface area contributed by atoms with Crippen molar-refractivity contribution in [3.63, 3.8) is 0 Å². The maximum atomic E-state index is 12.8. The predicted molar refractivity (Wildman–Crippen MR) is 102 cm³/mol. The van der Waals surface area contributed by atoms with E-state index in [1.165, 1.54) is 5.56 Å². The van der Waals surface area contributed by atoms with E-state index in [0.29, 0.717) is 23.2 Å². The Labute approximate surface area is 158 Å². The van der Waals surface area contributed by atoms with Crippen LogP contribution in [-0.4, -0.2) is 41.1 Å². The third-order valence-corrected chi connectivity index (χ3v) is 4.88. The zero-order chi connectivity index (χ0) is 18.6. The molecule has 0 saturated carbocycles. The van der Waals surface area contributed by atoms with Gasteiger partial charge < -0.3 is 14.7 Å². The number of carbonyl (C=O) groups is 1. The van der Waals surface area contributed by atoms with Crippen LogP contribution in [0, 0.1) is 0 Å². The highest BCUT2D eigenvalue weighted by Crippen LogP contribution is 2.23. The van der Waals surface area contributed by atoms with Gasteiger partial charge in [-0.25, -0.2) is 0 Å². The third kappa shape index (κ3) is 3.90. The predicted octanol–water partition coefficient (Wildman–Crippen LogP) is 3.09. The van der Waals surface area contributed by atoms with Crippen molar-refractivity contribution in [1.29, 1.82) is 0 Å². The Kier molecular flexibility index (Phi) is 4.98. The van der Waals surface area contributed by atoms with Crippen molar-refractivity contribution in [2.45, 2.75) is 18.9 Å². The van der Waals surface area contributed by atoms with Gasteiger partial charge in [0.1, 0.15) is 0 Å². The molecule has 1 aliphatic rings. The molecule has 2 heterocycles. The van der Waals surface area contributed by atoms with Crippen molar-refractivity contribution in [2.75, 3.05) is 20.1 Å². The number of carbonyl (C=O) groups excluding carboxylic acids is 1. The second-order valence-corrected chi connectivity index (χ2v) is 6.85. The van der Waals surface area contributed by atoms with E-state index in [0.717, 1.165) is 25.1 Å². The fourth-order valence-electron chi connectivity index (χ4n) is 3.38. The summed E-state index contributed by atoms with van der Waals surface area (Å²) in [5.41, 5.74) is 2.78. The number of aromatic nitrogens is 2. The van der Waals surface area contributed by atoms with E-state index in [9.17, 15) is 4.79 Å². The van der Waals surface area contributed by atoms with Crippen LogP contribution < -0.4 is 5.32 Å². The van der Waals surface area contributed by atoms with Crippen molar-refractivity contribution >= 4 is 5.91 Å². The smallest absolute Gasteiger partial charge is 0.254 e. The summed E-state index contributed by atoms with van der Waals surface area (Å²) in [6, 6.07) is 17.5. The van der Waals surface area contributed by atoms with E-state index in [1.807, 2.05) is 48.5 Å². The summed E-state index contributed by atoms with van der Waals surface area (Å²) in [7, 11) is 1.75. The molecule has 1 fully saturated rings. The first-order valence-corrected chi connectivity index (χ1v) is 9.15. The van der Waals surface area contributed by atoms with Crippen molar-refractivity contribution in [2.24, 2.45) is 0 Å². The van der Waals surface area contributed by atoms with Crippen LogP contribution in [0.25, 0.3) is 11.4 Å². The molecule has 2 aromatic carbocycles. The summed E-state index contributed by atoms with van der Waals surface area (Å²) in [4.78, 5) is 18.8. The highest BCUT2D eigenvalue weighted by molar-refractivity contribution is 5.94. The molecule has 6 nitrogen and oxygen atoms in total. The Morgan fingerprint density at radius 3 is 2.85 bits per heavy atom.